The average molecular weight is 437 g/mol. The van der Waals surface area contributed by atoms with Crippen molar-refractivity contribution in [1.82, 2.24) is 9.97 Å². The summed E-state index contributed by atoms with van der Waals surface area (Å²) in [5.74, 6) is 2.08. The second-order valence-corrected chi connectivity index (χ2v) is 8.63. The van der Waals surface area contributed by atoms with Gasteiger partial charge in [0.25, 0.3) is 0 Å². The van der Waals surface area contributed by atoms with E-state index in [1.54, 1.807) is 18.3 Å². The van der Waals surface area contributed by atoms with Crippen LogP contribution in [0.5, 0.6) is 11.5 Å². The topological polar surface area (TPSA) is 72.7 Å². The van der Waals surface area contributed by atoms with Gasteiger partial charge >= 0.3 is 0 Å². The number of halogens is 1. The molecule has 2 N–H and O–H groups in total. The number of hydrogen-bond donors (Lipinski definition) is 2. The first-order valence-corrected chi connectivity index (χ1v) is 11.1. The number of rotatable bonds is 2. The number of fused-ring (bicyclic) bond motifs is 2. The zero-order valence-electron chi connectivity index (χ0n) is 17.3. The van der Waals surface area contributed by atoms with Crippen molar-refractivity contribution in [2.75, 3.05) is 36.0 Å². The molecule has 1 aromatic heterocycles. The van der Waals surface area contributed by atoms with Crippen LogP contribution in [0.3, 0.4) is 0 Å². The Labute approximate surface area is 186 Å². The van der Waals surface area contributed by atoms with Crippen LogP contribution >= 0.6 is 11.6 Å². The molecule has 5 rings (SSSR count). The third-order valence-electron chi connectivity index (χ3n) is 6.28. The zero-order valence-corrected chi connectivity index (χ0v) is 18.0. The molecule has 3 heterocycles. The Kier molecular flexibility index (Phi) is 5.32. The molecule has 0 saturated heterocycles. The van der Waals surface area contributed by atoms with Gasteiger partial charge < -0.3 is 20.0 Å². The summed E-state index contributed by atoms with van der Waals surface area (Å²) in [5, 5.41) is 20.2. The minimum absolute atomic E-state index is 0.310. The molecule has 2 aromatic carbocycles. The Morgan fingerprint density at radius 2 is 1.23 bits per heavy atom. The van der Waals surface area contributed by atoms with Crippen LogP contribution in [0.15, 0.2) is 42.6 Å². The molecule has 0 spiro atoms. The Morgan fingerprint density at radius 3 is 1.81 bits per heavy atom. The van der Waals surface area contributed by atoms with Crippen LogP contribution in [-0.2, 0) is 25.7 Å². The lowest BCUT2D eigenvalue weighted by molar-refractivity contribution is 0.474. The summed E-state index contributed by atoms with van der Waals surface area (Å²) in [6.07, 6.45) is 5.15. The van der Waals surface area contributed by atoms with Crippen molar-refractivity contribution in [3.05, 3.63) is 69.9 Å². The molecule has 0 fully saturated rings. The quantitative estimate of drug-likeness (QED) is 0.637. The van der Waals surface area contributed by atoms with Crippen molar-refractivity contribution in [2.45, 2.75) is 25.7 Å². The van der Waals surface area contributed by atoms with Crippen LogP contribution in [0, 0.1) is 0 Å². The molecule has 31 heavy (non-hydrogen) atoms. The van der Waals surface area contributed by atoms with Gasteiger partial charge in [0.1, 0.15) is 16.5 Å². The first kappa shape index (κ1) is 19.9. The smallest absolute Gasteiger partial charge is 0.227 e. The normalized spacial score (nSPS) is 16.3. The fraction of sp³-hybridized carbons (Fsp3) is 0.333. The predicted octanol–water partition coefficient (Wildman–Crippen LogP) is 3.75. The van der Waals surface area contributed by atoms with Gasteiger partial charge in [0.05, 0.1) is 6.20 Å². The Bertz CT molecular complexity index is 1120. The summed E-state index contributed by atoms with van der Waals surface area (Å²) in [7, 11) is 0. The number of phenolic OH excluding ortho intramolecular Hbond substituents is 2. The van der Waals surface area contributed by atoms with Gasteiger partial charge in [0, 0.05) is 26.2 Å². The number of hydrogen-bond acceptors (Lipinski definition) is 6. The predicted molar refractivity (Wildman–Crippen MR) is 122 cm³/mol. The number of benzene rings is 2. The molecular weight excluding hydrogens is 412 g/mol. The van der Waals surface area contributed by atoms with E-state index >= 15 is 0 Å². The SMILES string of the molecule is Oc1ccc2c(c1)CCN(c1ncc(Cl)c(N3CCc4ccc(O)cc4CC3)n1)CC2. The monoisotopic (exact) mass is 436 g/mol. The minimum Gasteiger partial charge on any atom is -0.508 e. The van der Waals surface area contributed by atoms with Gasteiger partial charge in [-0.3, -0.25) is 0 Å². The number of phenols is 2. The fourth-order valence-corrected chi connectivity index (χ4v) is 4.77. The van der Waals surface area contributed by atoms with Gasteiger partial charge in [-0.25, -0.2) is 4.98 Å². The highest BCUT2D eigenvalue weighted by molar-refractivity contribution is 6.32. The van der Waals surface area contributed by atoms with Gasteiger partial charge in [0.2, 0.25) is 5.95 Å². The molecule has 0 unspecified atom stereocenters. The van der Waals surface area contributed by atoms with Gasteiger partial charge in [-0.2, -0.15) is 4.98 Å². The number of aromatic hydroxyl groups is 2. The molecule has 0 radical (unpaired) electrons. The standard InChI is InChI=1S/C24H25ClN4O2/c25-22-15-26-24(29-11-6-17-2-4-21(31)14-19(17)8-12-29)27-23(22)28-9-5-16-1-3-20(30)13-18(16)7-10-28/h1-4,13-15,30-31H,5-12H2. The molecular formula is C24H25ClN4O2. The maximum absolute atomic E-state index is 9.82. The molecule has 0 aliphatic carbocycles. The summed E-state index contributed by atoms with van der Waals surface area (Å²) >= 11 is 6.53. The first-order chi connectivity index (χ1) is 15.1. The molecule has 2 aliphatic heterocycles. The van der Waals surface area contributed by atoms with Crippen molar-refractivity contribution in [2.24, 2.45) is 0 Å². The van der Waals surface area contributed by atoms with E-state index in [2.05, 4.69) is 14.8 Å². The lowest BCUT2D eigenvalue weighted by Crippen LogP contribution is -2.31. The number of aromatic nitrogens is 2. The lowest BCUT2D eigenvalue weighted by atomic mass is 10.0. The van der Waals surface area contributed by atoms with Crippen molar-refractivity contribution in [3.8, 4) is 11.5 Å². The van der Waals surface area contributed by atoms with Crippen LogP contribution in [0.4, 0.5) is 11.8 Å². The number of nitrogens with zero attached hydrogens (tertiary/aromatic N) is 4. The van der Waals surface area contributed by atoms with Crippen molar-refractivity contribution in [3.63, 3.8) is 0 Å². The van der Waals surface area contributed by atoms with Crippen LogP contribution in [0.1, 0.15) is 22.3 Å². The molecule has 6 nitrogen and oxygen atoms in total. The van der Waals surface area contributed by atoms with E-state index in [0.717, 1.165) is 57.7 Å². The fourth-order valence-electron chi connectivity index (χ4n) is 4.56. The van der Waals surface area contributed by atoms with Crippen LogP contribution < -0.4 is 9.80 Å². The summed E-state index contributed by atoms with van der Waals surface area (Å²) in [5.41, 5.74) is 4.90. The highest BCUT2D eigenvalue weighted by Gasteiger charge is 2.22. The maximum Gasteiger partial charge on any atom is 0.227 e. The highest BCUT2D eigenvalue weighted by Crippen LogP contribution is 2.29. The second-order valence-electron chi connectivity index (χ2n) is 8.22. The Hall–Kier alpha value is -2.99. The first-order valence-electron chi connectivity index (χ1n) is 10.7. The molecule has 2 aliphatic rings. The molecule has 7 heteroatoms. The van der Waals surface area contributed by atoms with E-state index < -0.39 is 0 Å². The van der Waals surface area contributed by atoms with Gasteiger partial charge in [-0.1, -0.05) is 23.7 Å². The summed E-state index contributed by atoms with van der Waals surface area (Å²) in [4.78, 5) is 13.8. The van der Waals surface area contributed by atoms with E-state index in [1.807, 2.05) is 24.3 Å². The molecule has 0 atom stereocenters. The Morgan fingerprint density at radius 1 is 0.710 bits per heavy atom. The zero-order chi connectivity index (χ0) is 21.4. The van der Waals surface area contributed by atoms with E-state index in [0.29, 0.717) is 22.5 Å². The maximum atomic E-state index is 9.82. The molecule has 0 amide bonds. The minimum atomic E-state index is 0.310. The van der Waals surface area contributed by atoms with E-state index in [9.17, 15) is 10.2 Å². The van der Waals surface area contributed by atoms with Gasteiger partial charge in [-0.15, -0.1) is 0 Å². The van der Waals surface area contributed by atoms with Crippen molar-refractivity contribution in [1.29, 1.82) is 0 Å². The van der Waals surface area contributed by atoms with Crippen LogP contribution in [0.2, 0.25) is 5.02 Å². The summed E-state index contributed by atoms with van der Waals surface area (Å²) in [6, 6.07) is 11.2. The van der Waals surface area contributed by atoms with Crippen LogP contribution in [-0.4, -0.2) is 46.4 Å². The van der Waals surface area contributed by atoms with Crippen molar-refractivity contribution < 1.29 is 10.2 Å². The third kappa shape index (κ3) is 4.12. The molecule has 0 saturated carbocycles. The summed E-state index contributed by atoms with van der Waals surface area (Å²) in [6.45, 7) is 3.22. The van der Waals surface area contributed by atoms with E-state index in [1.165, 1.54) is 22.3 Å². The highest BCUT2D eigenvalue weighted by atomic mass is 35.5. The molecule has 0 bridgehead atoms. The van der Waals surface area contributed by atoms with Crippen molar-refractivity contribution >= 4 is 23.4 Å². The second kappa shape index (κ2) is 8.27. The number of anilines is 2. The largest absolute Gasteiger partial charge is 0.508 e. The van der Waals surface area contributed by atoms with Gasteiger partial charge in [0.15, 0.2) is 5.82 Å². The van der Waals surface area contributed by atoms with Gasteiger partial charge in [-0.05, 0) is 72.2 Å². The van der Waals surface area contributed by atoms with Crippen LogP contribution in [0.25, 0.3) is 0 Å². The lowest BCUT2D eigenvalue weighted by Gasteiger charge is -2.25. The third-order valence-corrected chi connectivity index (χ3v) is 6.55. The summed E-state index contributed by atoms with van der Waals surface area (Å²) < 4.78 is 0. The van der Waals surface area contributed by atoms with E-state index in [-0.39, 0.29) is 0 Å². The molecule has 3 aromatic rings. The van der Waals surface area contributed by atoms with E-state index in [4.69, 9.17) is 16.6 Å². The average Bonchev–Trinajstić information content (AvgIpc) is 3.10. The molecule has 160 valence electrons. The Balaban J connectivity index is 1.36.